The maximum absolute atomic E-state index is 10.1. The van der Waals surface area contributed by atoms with Gasteiger partial charge in [-0.3, -0.25) is 0 Å². The zero-order valence-electron chi connectivity index (χ0n) is 6.44. The summed E-state index contributed by atoms with van der Waals surface area (Å²) in [5, 5.41) is 43.2. The molecule has 0 saturated carbocycles. The summed E-state index contributed by atoms with van der Waals surface area (Å²) < 4.78 is 0. The van der Waals surface area contributed by atoms with Crippen molar-refractivity contribution in [3.63, 3.8) is 0 Å². The second-order valence-electron chi connectivity index (χ2n) is 2.39. The van der Waals surface area contributed by atoms with Crippen LogP contribution in [0.15, 0.2) is 0 Å². The average molecular weight is 236 g/mol. The van der Waals surface area contributed by atoms with Gasteiger partial charge in [-0.25, -0.2) is 4.79 Å². The molecule has 0 aliphatic carbocycles. The summed E-state index contributed by atoms with van der Waals surface area (Å²) in [5.41, 5.74) is 0. The Morgan fingerprint density at radius 1 is 1.07 bits per heavy atom. The molecular weight excluding hydrogens is 224 g/mol. The Balaban J connectivity index is 0. The van der Waals surface area contributed by atoms with E-state index in [9.17, 15) is 9.59 Å². The van der Waals surface area contributed by atoms with Gasteiger partial charge in [-0.05, 0) is 0 Å². The molecule has 0 aliphatic rings. The van der Waals surface area contributed by atoms with Crippen LogP contribution in [0, 0.1) is 0 Å². The fraction of sp³-hybridized carbons (Fsp3) is 0.667. The molecule has 14 heavy (non-hydrogen) atoms. The predicted molar refractivity (Wildman–Crippen MR) is 46.3 cm³/mol. The minimum atomic E-state index is -2.25. The molecule has 4 atom stereocenters. The molecule has 0 aliphatic heterocycles. The Hall–Kier alpha value is 0.240. The van der Waals surface area contributed by atoms with Crippen LogP contribution in [0.4, 0.5) is 0 Å². The Morgan fingerprint density at radius 2 is 1.50 bits per heavy atom. The second-order valence-corrected chi connectivity index (χ2v) is 2.39. The number of aliphatic carboxylic acids is 1. The number of aliphatic hydroxyl groups is 4. The average Bonchev–Trinajstić information content (AvgIpc) is 2.12. The minimum absolute atomic E-state index is 0. The van der Waals surface area contributed by atoms with Crippen LogP contribution < -0.4 is 0 Å². The van der Waals surface area contributed by atoms with Gasteiger partial charge in [0.25, 0.3) is 0 Å². The molecule has 4 unspecified atom stereocenters. The molecule has 0 rings (SSSR count). The molecule has 5 N–H and O–H groups in total. The Bertz CT molecular complexity index is 197. The quantitative estimate of drug-likeness (QED) is 0.241. The third-order valence-electron chi connectivity index (χ3n) is 1.42. The van der Waals surface area contributed by atoms with Gasteiger partial charge in [0.05, 0.1) is 0 Å². The Kier molecular flexibility index (Phi) is 8.95. The van der Waals surface area contributed by atoms with Crippen molar-refractivity contribution in [1.82, 2.24) is 0 Å². The van der Waals surface area contributed by atoms with E-state index < -0.39 is 30.4 Å². The molecule has 0 fully saturated rings. The number of aldehydes is 1. The predicted octanol–water partition coefficient (Wildman–Crippen LogP) is -4.20. The van der Waals surface area contributed by atoms with E-state index in [1.54, 1.807) is 0 Å². The van der Waals surface area contributed by atoms with Crippen molar-refractivity contribution in [2.75, 3.05) is 0 Å². The maximum atomic E-state index is 10.1. The SMILES string of the molecule is O=CC(O)C(O)C(O)C(O)C(=O)O.[CaH2]. The standard InChI is InChI=1S/C6H10O7.Ca.2H/c7-1-2(8)3(9)4(10)5(11)6(12)13;;;/h1-5,8-11H,(H,12,13);;;. The van der Waals surface area contributed by atoms with E-state index in [0.717, 1.165) is 0 Å². The van der Waals surface area contributed by atoms with Gasteiger partial charge in [-0.2, -0.15) is 0 Å². The third-order valence-corrected chi connectivity index (χ3v) is 1.42. The number of carbonyl (C=O) groups is 2. The summed E-state index contributed by atoms with van der Waals surface area (Å²) in [6, 6.07) is 0. The fourth-order valence-corrected chi connectivity index (χ4v) is 0.615. The topological polar surface area (TPSA) is 135 Å². The molecule has 0 aromatic carbocycles. The van der Waals surface area contributed by atoms with E-state index in [-0.39, 0.29) is 44.0 Å². The molecule has 0 amide bonds. The summed E-state index contributed by atoms with van der Waals surface area (Å²) >= 11 is 0. The molecular formula is C6H12CaO7. The molecule has 0 aromatic rings. The summed E-state index contributed by atoms with van der Waals surface area (Å²) in [5.74, 6) is -1.76. The molecule has 0 saturated heterocycles. The number of carboxylic acids is 1. The zero-order valence-corrected chi connectivity index (χ0v) is 6.44. The van der Waals surface area contributed by atoms with Gasteiger partial charge in [0, 0.05) is 0 Å². The van der Waals surface area contributed by atoms with Gasteiger partial charge >= 0.3 is 43.7 Å². The van der Waals surface area contributed by atoms with E-state index in [1.165, 1.54) is 0 Å². The van der Waals surface area contributed by atoms with Crippen LogP contribution in [-0.4, -0.2) is 99.9 Å². The van der Waals surface area contributed by atoms with Crippen LogP contribution in [0.5, 0.6) is 0 Å². The van der Waals surface area contributed by atoms with E-state index in [4.69, 9.17) is 25.5 Å². The molecule has 8 heteroatoms. The van der Waals surface area contributed by atoms with Crippen LogP contribution in [0.25, 0.3) is 0 Å². The van der Waals surface area contributed by atoms with Crippen molar-refractivity contribution in [2.45, 2.75) is 24.4 Å². The molecule has 0 spiro atoms. The Morgan fingerprint density at radius 3 is 1.79 bits per heavy atom. The van der Waals surface area contributed by atoms with E-state index in [0.29, 0.717) is 0 Å². The normalized spacial score (nSPS) is 18.6. The first-order valence-electron chi connectivity index (χ1n) is 3.32. The van der Waals surface area contributed by atoms with Crippen LogP contribution in [0.3, 0.4) is 0 Å². The van der Waals surface area contributed by atoms with Crippen molar-refractivity contribution in [3.05, 3.63) is 0 Å². The fourth-order valence-electron chi connectivity index (χ4n) is 0.615. The van der Waals surface area contributed by atoms with E-state index >= 15 is 0 Å². The van der Waals surface area contributed by atoms with E-state index in [2.05, 4.69) is 0 Å². The van der Waals surface area contributed by atoms with E-state index in [1.807, 2.05) is 0 Å². The third kappa shape index (κ3) is 4.65. The number of hydrogen-bond donors (Lipinski definition) is 5. The number of hydrogen-bond acceptors (Lipinski definition) is 6. The first kappa shape index (κ1) is 16.7. The second kappa shape index (κ2) is 7.52. The van der Waals surface area contributed by atoms with Gasteiger partial charge in [0.15, 0.2) is 12.4 Å². The number of rotatable bonds is 5. The van der Waals surface area contributed by atoms with Gasteiger partial charge in [0.2, 0.25) is 0 Å². The first-order valence-corrected chi connectivity index (χ1v) is 3.32. The molecule has 0 bridgehead atoms. The van der Waals surface area contributed by atoms with Crippen molar-refractivity contribution in [3.8, 4) is 0 Å². The number of carboxylic acid groups (broad SMARTS) is 1. The monoisotopic (exact) mass is 236 g/mol. The first-order chi connectivity index (χ1) is 5.91. The number of carbonyl (C=O) groups excluding carboxylic acids is 1. The van der Waals surface area contributed by atoms with Crippen molar-refractivity contribution in [1.29, 1.82) is 0 Å². The molecule has 0 heterocycles. The van der Waals surface area contributed by atoms with Crippen LogP contribution in [0.1, 0.15) is 0 Å². The van der Waals surface area contributed by atoms with Crippen LogP contribution >= 0.6 is 0 Å². The Labute approximate surface area is 109 Å². The molecule has 0 radical (unpaired) electrons. The molecule has 7 nitrogen and oxygen atoms in total. The summed E-state index contributed by atoms with van der Waals surface area (Å²) in [6.07, 6.45) is -8.39. The van der Waals surface area contributed by atoms with Crippen LogP contribution in [-0.2, 0) is 9.59 Å². The van der Waals surface area contributed by atoms with Crippen molar-refractivity contribution >= 4 is 50.0 Å². The summed E-state index contributed by atoms with van der Waals surface area (Å²) in [4.78, 5) is 20.0. The van der Waals surface area contributed by atoms with Gasteiger partial charge in [-0.1, -0.05) is 0 Å². The van der Waals surface area contributed by atoms with Gasteiger partial charge in [-0.15, -0.1) is 0 Å². The van der Waals surface area contributed by atoms with Gasteiger partial charge < -0.3 is 30.3 Å². The molecule has 80 valence electrons. The summed E-state index contributed by atoms with van der Waals surface area (Å²) in [7, 11) is 0. The van der Waals surface area contributed by atoms with Gasteiger partial charge in [0.1, 0.15) is 18.3 Å². The van der Waals surface area contributed by atoms with Crippen LogP contribution in [0.2, 0.25) is 0 Å². The zero-order chi connectivity index (χ0) is 10.6. The summed E-state index contributed by atoms with van der Waals surface area (Å²) in [6.45, 7) is 0. The van der Waals surface area contributed by atoms with Crippen molar-refractivity contribution in [2.24, 2.45) is 0 Å². The van der Waals surface area contributed by atoms with Crippen molar-refractivity contribution < 1.29 is 35.1 Å². The number of aliphatic hydroxyl groups excluding tert-OH is 4. The molecule has 0 aromatic heterocycles.